The second-order valence-corrected chi connectivity index (χ2v) is 6.30. The molecule has 0 fully saturated rings. The molecule has 6 nitrogen and oxygen atoms in total. The fourth-order valence-electron chi connectivity index (χ4n) is 2.15. The van der Waals surface area contributed by atoms with Gasteiger partial charge in [0.25, 0.3) is 0 Å². The fraction of sp³-hybridized carbons (Fsp3) is 0.0588. The van der Waals surface area contributed by atoms with Gasteiger partial charge in [-0.2, -0.15) is 4.98 Å². The summed E-state index contributed by atoms with van der Waals surface area (Å²) in [6.45, 7) is 1.60. The van der Waals surface area contributed by atoms with Crippen LogP contribution in [0.3, 0.4) is 0 Å². The van der Waals surface area contributed by atoms with Crippen molar-refractivity contribution in [3.05, 3.63) is 65.9 Å². The average molecular weight is 375 g/mol. The summed E-state index contributed by atoms with van der Waals surface area (Å²) in [6.07, 6.45) is 0.995. The maximum absolute atomic E-state index is 14.0. The molecule has 134 valence electrons. The number of nitrogens with zero attached hydrogens (tertiary/aromatic N) is 2. The van der Waals surface area contributed by atoms with E-state index < -0.39 is 16.9 Å². The molecule has 3 aromatic rings. The Labute approximate surface area is 150 Å². The summed E-state index contributed by atoms with van der Waals surface area (Å²) in [6, 6.07) is 10.2. The number of benzene rings is 2. The average Bonchev–Trinajstić information content (AvgIpc) is 2.61. The summed E-state index contributed by atoms with van der Waals surface area (Å²) in [5.41, 5.74) is 1.43. The third kappa shape index (κ3) is 4.19. The largest absolute Gasteiger partial charge is 0.768 e. The highest BCUT2D eigenvalue weighted by Crippen LogP contribution is 2.22. The summed E-state index contributed by atoms with van der Waals surface area (Å²) in [5.74, 6) is -0.993. The summed E-state index contributed by atoms with van der Waals surface area (Å²) in [4.78, 5) is 8.04. The van der Waals surface area contributed by atoms with Crippen molar-refractivity contribution in [2.75, 3.05) is 10.6 Å². The van der Waals surface area contributed by atoms with Gasteiger partial charge in [0.15, 0.2) is 11.6 Å². The van der Waals surface area contributed by atoms with Crippen LogP contribution >= 0.6 is 0 Å². The van der Waals surface area contributed by atoms with Gasteiger partial charge in [0.2, 0.25) is 5.95 Å². The number of anilines is 4. The monoisotopic (exact) mass is 375 g/mol. The predicted molar refractivity (Wildman–Crippen MR) is 93.3 cm³/mol. The molecular formula is C17H13F2N4O2S-. The lowest BCUT2D eigenvalue weighted by Gasteiger charge is -2.11. The Morgan fingerprint density at radius 3 is 2.35 bits per heavy atom. The minimum absolute atomic E-state index is 0.0780. The molecule has 0 saturated heterocycles. The molecule has 1 atom stereocenters. The topological polar surface area (TPSA) is 90.0 Å². The van der Waals surface area contributed by atoms with Crippen LogP contribution in [0, 0.1) is 18.6 Å². The van der Waals surface area contributed by atoms with Crippen molar-refractivity contribution in [3.8, 4) is 0 Å². The van der Waals surface area contributed by atoms with E-state index in [0.717, 1.165) is 6.20 Å². The number of hydrogen-bond acceptors (Lipinski definition) is 6. The van der Waals surface area contributed by atoms with Crippen molar-refractivity contribution in [2.24, 2.45) is 0 Å². The van der Waals surface area contributed by atoms with Crippen molar-refractivity contribution in [3.63, 3.8) is 0 Å². The molecule has 0 aliphatic heterocycles. The highest BCUT2D eigenvalue weighted by atomic mass is 32.2. The summed E-state index contributed by atoms with van der Waals surface area (Å²) < 4.78 is 49.0. The van der Waals surface area contributed by atoms with E-state index >= 15 is 0 Å². The van der Waals surface area contributed by atoms with Crippen LogP contribution in [-0.4, -0.2) is 18.7 Å². The zero-order valence-electron chi connectivity index (χ0n) is 13.5. The van der Waals surface area contributed by atoms with Gasteiger partial charge < -0.3 is 15.2 Å². The molecular weight excluding hydrogens is 362 g/mol. The van der Waals surface area contributed by atoms with E-state index in [4.69, 9.17) is 0 Å². The van der Waals surface area contributed by atoms with Gasteiger partial charge in [0, 0.05) is 16.3 Å². The maximum atomic E-state index is 14.0. The van der Waals surface area contributed by atoms with Gasteiger partial charge >= 0.3 is 0 Å². The second kappa shape index (κ2) is 7.54. The molecule has 0 spiro atoms. The highest BCUT2D eigenvalue weighted by molar-refractivity contribution is 7.79. The highest BCUT2D eigenvalue weighted by Gasteiger charge is 2.09. The molecule has 1 unspecified atom stereocenters. The lowest BCUT2D eigenvalue weighted by Crippen LogP contribution is -2.03. The Hall–Kier alpha value is -2.91. The van der Waals surface area contributed by atoms with Crippen molar-refractivity contribution < 1.29 is 17.5 Å². The Kier molecular flexibility index (Phi) is 5.19. The third-order valence-electron chi connectivity index (χ3n) is 3.47. The lowest BCUT2D eigenvalue weighted by molar-refractivity contribution is 0.537. The fourth-order valence-corrected chi connectivity index (χ4v) is 2.51. The van der Waals surface area contributed by atoms with E-state index in [1.54, 1.807) is 6.92 Å². The molecule has 26 heavy (non-hydrogen) atoms. The Balaban J connectivity index is 1.80. The van der Waals surface area contributed by atoms with E-state index in [9.17, 15) is 17.5 Å². The van der Waals surface area contributed by atoms with Crippen LogP contribution in [0.5, 0.6) is 0 Å². The number of nitrogens with one attached hydrogen (secondary N) is 2. The zero-order chi connectivity index (χ0) is 18.7. The van der Waals surface area contributed by atoms with Crippen LogP contribution < -0.4 is 10.6 Å². The minimum Gasteiger partial charge on any atom is -0.768 e. The quantitative estimate of drug-likeness (QED) is 0.660. The molecule has 0 saturated carbocycles. The van der Waals surface area contributed by atoms with Crippen molar-refractivity contribution in [1.82, 2.24) is 9.97 Å². The Morgan fingerprint density at radius 2 is 1.69 bits per heavy atom. The first kappa shape index (κ1) is 17.9. The predicted octanol–water partition coefficient (Wildman–Crippen LogP) is 3.79. The van der Waals surface area contributed by atoms with Crippen LogP contribution in [0.4, 0.5) is 31.9 Å². The van der Waals surface area contributed by atoms with E-state index in [1.807, 2.05) is 0 Å². The standard InChI is InChI=1S/C17H14F2N4O2S/c1-10-8-12(4-7-14(10)18)21-16-15(19)9-20-17(23-16)22-11-2-5-13(6-3-11)26(24)25/h2-9H,1H3,(H,24,25)(H2,20,21,22,23)/p-1. The lowest BCUT2D eigenvalue weighted by atomic mass is 10.2. The van der Waals surface area contributed by atoms with Gasteiger partial charge in [0.05, 0.1) is 6.20 Å². The second-order valence-electron chi connectivity index (χ2n) is 5.36. The molecule has 0 aliphatic rings. The van der Waals surface area contributed by atoms with Crippen molar-refractivity contribution in [1.29, 1.82) is 0 Å². The van der Waals surface area contributed by atoms with E-state index in [2.05, 4.69) is 20.6 Å². The molecule has 2 N–H and O–H groups in total. The van der Waals surface area contributed by atoms with Gasteiger partial charge in [-0.3, -0.25) is 4.21 Å². The smallest absolute Gasteiger partial charge is 0.229 e. The summed E-state index contributed by atoms with van der Waals surface area (Å²) >= 11 is -2.31. The Morgan fingerprint density at radius 1 is 1.00 bits per heavy atom. The first-order chi connectivity index (χ1) is 12.4. The number of aromatic nitrogens is 2. The van der Waals surface area contributed by atoms with Gasteiger partial charge in [0.1, 0.15) is 5.82 Å². The molecule has 9 heteroatoms. The van der Waals surface area contributed by atoms with Gasteiger partial charge in [-0.25, -0.2) is 13.8 Å². The SMILES string of the molecule is Cc1cc(Nc2nc(Nc3ccc(S(=O)[O-])cc3)ncc2F)ccc1F. The van der Waals surface area contributed by atoms with Gasteiger partial charge in [-0.1, -0.05) is 0 Å². The van der Waals surface area contributed by atoms with Crippen LogP contribution in [0.25, 0.3) is 0 Å². The van der Waals surface area contributed by atoms with Gasteiger partial charge in [-0.05, 0) is 66.0 Å². The molecule has 0 radical (unpaired) electrons. The molecule has 1 aromatic heterocycles. The number of rotatable bonds is 5. The van der Waals surface area contributed by atoms with E-state index in [-0.39, 0.29) is 22.5 Å². The van der Waals surface area contributed by atoms with Crippen molar-refractivity contribution >= 4 is 34.2 Å². The van der Waals surface area contributed by atoms with Crippen LogP contribution in [0.15, 0.2) is 53.6 Å². The summed E-state index contributed by atoms with van der Waals surface area (Å²) in [5, 5.41) is 5.63. The van der Waals surface area contributed by atoms with Crippen LogP contribution in [0.1, 0.15) is 5.56 Å². The first-order valence-electron chi connectivity index (χ1n) is 7.44. The molecule has 0 aliphatic carbocycles. The van der Waals surface area contributed by atoms with Crippen molar-refractivity contribution in [2.45, 2.75) is 11.8 Å². The Bertz CT molecular complexity index is 967. The normalized spacial score (nSPS) is 11.8. The van der Waals surface area contributed by atoms with Crippen LogP contribution in [0.2, 0.25) is 0 Å². The number of halogens is 2. The molecule has 0 amide bonds. The number of aryl methyl sites for hydroxylation is 1. The molecule has 3 rings (SSSR count). The first-order valence-corrected chi connectivity index (χ1v) is 8.52. The maximum Gasteiger partial charge on any atom is 0.229 e. The van der Waals surface area contributed by atoms with Gasteiger partial charge in [-0.15, -0.1) is 0 Å². The minimum atomic E-state index is -2.31. The summed E-state index contributed by atoms with van der Waals surface area (Å²) in [7, 11) is 0. The molecule has 1 heterocycles. The van der Waals surface area contributed by atoms with E-state index in [0.29, 0.717) is 16.9 Å². The molecule has 0 bridgehead atoms. The zero-order valence-corrected chi connectivity index (χ0v) is 14.3. The number of hydrogen-bond donors (Lipinski definition) is 2. The molecule has 2 aromatic carbocycles. The third-order valence-corrected chi connectivity index (χ3v) is 4.12. The van der Waals surface area contributed by atoms with E-state index in [1.165, 1.54) is 42.5 Å². The van der Waals surface area contributed by atoms with Crippen LogP contribution in [-0.2, 0) is 11.1 Å².